The molecule has 0 bridgehead atoms. The minimum absolute atomic E-state index is 0.685. The molecule has 2 aromatic rings. The predicted molar refractivity (Wildman–Crippen MR) is 83.9 cm³/mol. The van der Waals surface area contributed by atoms with Crippen molar-refractivity contribution in [1.29, 1.82) is 0 Å². The van der Waals surface area contributed by atoms with Gasteiger partial charge in [-0.05, 0) is 37.4 Å². The molecule has 0 radical (unpaired) electrons. The summed E-state index contributed by atoms with van der Waals surface area (Å²) < 4.78 is 0. The normalized spacial score (nSPS) is 14.9. The summed E-state index contributed by atoms with van der Waals surface area (Å²) >= 11 is 1.82. The summed E-state index contributed by atoms with van der Waals surface area (Å²) in [5, 5.41) is 4.66. The van der Waals surface area contributed by atoms with Crippen molar-refractivity contribution in [3.8, 4) is 10.6 Å². The van der Waals surface area contributed by atoms with Gasteiger partial charge in [-0.15, -0.1) is 11.3 Å². The number of nitrogens with zero attached hydrogens (tertiary/aromatic N) is 2. The third-order valence-electron chi connectivity index (χ3n) is 3.44. The van der Waals surface area contributed by atoms with E-state index in [1.54, 1.807) is 0 Å². The second-order valence-corrected chi connectivity index (χ2v) is 6.95. The van der Waals surface area contributed by atoms with E-state index in [4.69, 9.17) is 4.98 Å². The first kappa shape index (κ1) is 13.7. The molecule has 1 fully saturated rings. The highest BCUT2D eigenvalue weighted by Gasteiger charge is 2.29. The highest BCUT2D eigenvalue weighted by molar-refractivity contribution is 7.15. The van der Waals surface area contributed by atoms with Gasteiger partial charge in [0, 0.05) is 35.3 Å². The van der Waals surface area contributed by atoms with Gasteiger partial charge < -0.3 is 5.32 Å². The molecule has 1 aliphatic rings. The first-order valence-electron chi connectivity index (χ1n) is 7.34. The molecule has 1 aliphatic carbocycles. The third-order valence-corrected chi connectivity index (χ3v) is 4.56. The standard InChI is InChI=1S/C16H21N3S/c1-11(2)8-18-10-14-15(12-5-6-12)19-16(20-14)13-4-3-7-17-9-13/h3-4,7,9,11-12,18H,5-6,8,10H2,1-2H3. The molecule has 0 atom stereocenters. The number of hydrogen-bond donors (Lipinski definition) is 1. The van der Waals surface area contributed by atoms with Crippen LogP contribution in [0.5, 0.6) is 0 Å². The van der Waals surface area contributed by atoms with Crippen molar-refractivity contribution in [2.45, 2.75) is 39.2 Å². The molecule has 0 amide bonds. The average Bonchev–Trinajstić information content (AvgIpc) is 3.20. The Hall–Kier alpha value is -1.26. The van der Waals surface area contributed by atoms with Crippen LogP contribution in [0.25, 0.3) is 10.6 Å². The number of aromatic nitrogens is 2. The minimum Gasteiger partial charge on any atom is -0.312 e. The minimum atomic E-state index is 0.685. The maximum Gasteiger partial charge on any atom is 0.125 e. The van der Waals surface area contributed by atoms with Crippen molar-refractivity contribution in [3.63, 3.8) is 0 Å². The Kier molecular flexibility index (Phi) is 4.13. The van der Waals surface area contributed by atoms with Gasteiger partial charge in [-0.25, -0.2) is 4.98 Å². The molecule has 4 heteroatoms. The van der Waals surface area contributed by atoms with E-state index in [0.717, 1.165) is 23.7 Å². The SMILES string of the molecule is CC(C)CNCc1sc(-c2cccnc2)nc1C1CC1. The molecule has 3 rings (SSSR count). The van der Waals surface area contributed by atoms with Gasteiger partial charge in [0.15, 0.2) is 0 Å². The van der Waals surface area contributed by atoms with Crippen molar-refractivity contribution in [1.82, 2.24) is 15.3 Å². The molecule has 20 heavy (non-hydrogen) atoms. The average molecular weight is 287 g/mol. The van der Waals surface area contributed by atoms with Gasteiger partial charge in [0.25, 0.3) is 0 Å². The zero-order chi connectivity index (χ0) is 13.9. The molecule has 1 saturated carbocycles. The van der Waals surface area contributed by atoms with Crippen LogP contribution in [0, 0.1) is 5.92 Å². The summed E-state index contributed by atoms with van der Waals surface area (Å²) in [6.07, 6.45) is 6.31. The largest absolute Gasteiger partial charge is 0.312 e. The summed E-state index contributed by atoms with van der Waals surface area (Å²) in [5.41, 5.74) is 2.46. The van der Waals surface area contributed by atoms with Crippen LogP contribution in [0.1, 0.15) is 43.2 Å². The van der Waals surface area contributed by atoms with E-state index in [1.807, 2.05) is 29.8 Å². The lowest BCUT2D eigenvalue weighted by atomic mass is 10.2. The highest BCUT2D eigenvalue weighted by Crippen LogP contribution is 2.44. The maximum absolute atomic E-state index is 4.88. The number of hydrogen-bond acceptors (Lipinski definition) is 4. The van der Waals surface area contributed by atoms with Crippen LogP contribution in [-0.2, 0) is 6.54 Å². The molecule has 0 aliphatic heterocycles. The van der Waals surface area contributed by atoms with E-state index in [-0.39, 0.29) is 0 Å². The molecule has 106 valence electrons. The summed E-state index contributed by atoms with van der Waals surface area (Å²) in [6, 6.07) is 4.07. The fourth-order valence-corrected chi connectivity index (χ4v) is 3.36. The van der Waals surface area contributed by atoms with Crippen LogP contribution in [0.2, 0.25) is 0 Å². The fourth-order valence-electron chi connectivity index (χ4n) is 2.25. The Morgan fingerprint density at radius 2 is 2.25 bits per heavy atom. The summed E-state index contributed by atoms with van der Waals surface area (Å²) in [4.78, 5) is 10.5. The van der Waals surface area contributed by atoms with Crippen LogP contribution < -0.4 is 5.32 Å². The van der Waals surface area contributed by atoms with Crippen molar-refractivity contribution in [3.05, 3.63) is 35.1 Å². The summed E-state index contributed by atoms with van der Waals surface area (Å²) in [7, 11) is 0. The van der Waals surface area contributed by atoms with Gasteiger partial charge >= 0.3 is 0 Å². The van der Waals surface area contributed by atoms with E-state index in [0.29, 0.717) is 11.8 Å². The summed E-state index contributed by atoms with van der Waals surface area (Å²) in [6.45, 7) is 6.48. The molecule has 0 unspecified atom stereocenters. The first-order chi connectivity index (χ1) is 9.74. The number of pyridine rings is 1. The van der Waals surface area contributed by atoms with Crippen LogP contribution in [0.15, 0.2) is 24.5 Å². The number of thiazole rings is 1. The molecule has 1 N–H and O–H groups in total. The molecule has 3 nitrogen and oxygen atoms in total. The van der Waals surface area contributed by atoms with Crippen molar-refractivity contribution >= 4 is 11.3 Å². The number of nitrogens with one attached hydrogen (secondary N) is 1. The zero-order valence-corrected chi connectivity index (χ0v) is 12.9. The zero-order valence-electron chi connectivity index (χ0n) is 12.1. The van der Waals surface area contributed by atoms with Crippen LogP contribution in [0.4, 0.5) is 0 Å². The summed E-state index contributed by atoms with van der Waals surface area (Å²) in [5.74, 6) is 1.39. The quantitative estimate of drug-likeness (QED) is 0.877. The fraction of sp³-hybridized carbons (Fsp3) is 0.500. The van der Waals surface area contributed by atoms with Gasteiger partial charge in [-0.3, -0.25) is 4.98 Å². The van der Waals surface area contributed by atoms with Crippen molar-refractivity contribution in [2.24, 2.45) is 5.92 Å². The molecule has 0 spiro atoms. The smallest absolute Gasteiger partial charge is 0.125 e. The van der Waals surface area contributed by atoms with Gasteiger partial charge in [0.1, 0.15) is 5.01 Å². The van der Waals surface area contributed by atoms with E-state index >= 15 is 0 Å². The third kappa shape index (κ3) is 3.25. The Bertz CT molecular complexity index is 558. The predicted octanol–water partition coefficient (Wildman–Crippen LogP) is 3.83. The monoisotopic (exact) mass is 287 g/mol. The van der Waals surface area contributed by atoms with E-state index < -0.39 is 0 Å². The first-order valence-corrected chi connectivity index (χ1v) is 8.16. The molecule has 0 aromatic carbocycles. The Labute approximate surface area is 124 Å². The van der Waals surface area contributed by atoms with E-state index in [2.05, 4.69) is 30.2 Å². The molecule has 2 aromatic heterocycles. The van der Waals surface area contributed by atoms with E-state index in [9.17, 15) is 0 Å². The van der Waals surface area contributed by atoms with E-state index in [1.165, 1.54) is 23.4 Å². The van der Waals surface area contributed by atoms with Crippen molar-refractivity contribution in [2.75, 3.05) is 6.54 Å². The van der Waals surface area contributed by atoms with Gasteiger partial charge in [0.05, 0.1) is 5.69 Å². The Balaban J connectivity index is 1.79. The highest BCUT2D eigenvalue weighted by atomic mass is 32.1. The van der Waals surface area contributed by atoms with Crippen molar-refractivity contribution < 1.29 is 0 Å². The van der Waals surface area contributed by atoms with Gasteiger partial charge in [-0.1, -0.05) is 13.8 Å². The van der Waals surface area contributed by atoms with Crippen LogP contribution >= 0.6 is 11.3 Å². The molecular weight excluding hydrogens is 266 g/mol. The van der Waals surface area contributed by atoms with Crippen LogP contribution in [0.3, 0.4) is 0 Å². The maximum atomic E-state index is 4.88. The van der Waals surface area contributed by atoms with Gasteiger partial charge in [0.2, 0.25) is 0 Å². The Morgan fingerprint density at radius 3 is 2.90 bits per heavy atom. The lowest BCUT2D eigenvalue weighted by molar-refractivity contribution is 0.553. The van der Waals surface area contributed by atoms with Gasteiger partial charge in [-0.2, -0.15) is 0 Å². The number of rotatable bonds is 6. The molecular formula is C16H21N3S. The lowest BCUT2D eigenvalue weighted by Gasteiger charge is -2.06. The molecule has 2 heterocycles. The second-order valence-electron chi connectivity index (χ2n) is 5.87. The Morgan fingerprint density at radius 1 is 1.40 bits per heavy atom. The lowest BCUT2D eigenvalue weighted by Crippen LogP contribution is -2.18. The topological polar surface area (TPSA) is 37.8 Å². The second kappa shape index (κ2) is 6.02. The van der Waals surface area contributed by atoms with Crippen LogP contribution in [-0.4, -0.2) is 16.5 Å². The molecule has 0 saturated heterocycles.